The lowest BCUT2D eigenvalue weighted by molar-refractivity contribution is -0.196. The van der Waals surface area contributed by atoms with E-state index in [2.05, 4.69) is 19.6 Å². The van der Waals surface area contributed by atoms with Gasteiger partial charge in [-0.05, 0) is 93.3 Å². The Hall–Kier alpha value is -0.710. The average Bonchev–Trinajstić information content (AvgIpc) is 3.11. The largest absolute Gasteiger partial charge is 0.381 e. The lowest BCUT2D eigenvalue weighted by Gasteiger charge is -2.63. The van der Waals surface area contributed by atoms with Gasteiger partial charge in [0.15, 0.2) is 0 Å². The van der Waals surface area contributed by atoms with E-state index in [0.717, 1.165) is 25.7 Å². The molecule has 4 rings (SSSR count). The smallest absolute Gasteiger partial charge is 0.146 e. The van der Waals surface area contributed by atoms with Gasteiger partial charge in [-0.15, -0.1) is 6.58 Å². The number of rotatable bonds is 6. The van der Waals surface area contributed by atoms with Crippen molar-refractivity contribution < 1.29 is 19.0 Å². The fourth-order valence-electron chi connectivity index (χ4n) is 8.53. The highest BCUT2D eigenvalue weighted by molar-refractivity contribution is 5.84. The van der Waals surface area contributed by atoms with Gasteiger partial charge in [-0.1, -0.05) is 13.0 Å². The van der Waals surface area contributed by atoms with Crippen molar-refractivity contribution in [1.82, 2.24) is 0 Å². The Morgan fingerprint density at radius 2 is 1.97 bits per heavy atom. The van der Waals surface area contributed by atoms with Crippen LogP contribution in [0, 0.1) is 40.4 Å². The summed E-state index contributed by atoms with van der Waals surface area (Å²) >= 11 is 0. The highest BCUT2D eigenvalue weighted by Gasteiger charge is 2.66. The molecular formula is C25H40O4. The first kappa shape index (κ1) is 21.5. The fourth-order valence-corrected chi connectivity index (χ4v) is 8.53. The van der Waals surface area contributed by atoms with Crippen LogP contribution in [0.1, 0.15) is 65.2 Å². The zero-order chi connectivity index (χ0) is 20.8. The molecule has 29 heavy (non-hydrogen) atoms. The average molecular weight is 405 g/mol. The number of fused-ring (bicyclic) bond motifs is 5. The highest BCUT2D eigenvalue weighted by atomic mass is 16.7. The molecule has 0 aromatic rings. The molecular weight excluding hydrogens is 364 g/mol. The third-order valence-corrected chi connectivity index (χ3v) is 9.79. The number of hydrogen-bond acceptors (Lipinski definition) is 4. The van der Waals surface area contributed by atoms with E-state index in [0.29, 0.717) is 48.3 Å². The zero-order valence-electron chi connectivity index (χ0n) is 18.8. The maximum absolute atomic E-state index is 13.1. The van der Waals surface area contributed by atoms with Crippen molar-refractivity contribution >= 4 is 5.78 Å². The van der Waals surface area contributed by atoms with Crippen LogP contribution in [0.4, 0.5) is 0 Å². The van der Waals surface area contributed by atoms with Crippen LogP contribution in [-0.4, -0.2) is 39.0 Å². The van der Waals surface area contributed by atoms with Crippen molar-refractivity contribution in [2.24, 2.45) is 40.4 Å². The molecule has 164 valence electrons. The van der Waals surface area contributed by atoms with Gasteiger partial charge < -0.3 is 14.2 Å². The summed E-state index contributed by atoms with van der Waals surface area (Å²) < 4.78 is 17.3. The molecule has 0 aromatic heterocycles. The molecule has 4 fully saturated rings. The zero-order valence-corrected chi connectivity index (χ0v) is 18.8. The quantitative estimate of drug-likeness (QED) is 0.461. The van der Waals surface area contributed by atoms with Crippen LogP contribution in [0.25, 0.3) is 0 Å². The summed E-state index contributed by atoms with van der Waals surface area (Å²) in [6.45, 7) is 8.86. The standard InChI is InChI=1S/C25H40O4/c1-6-17-8-10-21-20-9-7-18-13-19(29-15-27-4)11-12-24(18,3)23(20)22(28-5)14-25(17,21)16(2)26/h6,17-23H,1,7-15H2,2-5H3/t17-,18-,19+,20?,21?,22-,23?,24-,25+/m0/s1. The van der Waals surface area contributed by atoms with Crippen molar-refractivity contribution in [3.8, 4) is 0 Å². The van der Waals surface area contributed by atoms with Crippen LogP contribution in [0.3, 0.4) is 0 Å². The maximum Gasteiger partial charge on any atom is 0.146 e. The van der Waals surface area contributed by atoms with E-state index < -0.39 is 0 Å². The molecule has 0 heterocycles. The second kappa shape index (κ2) is 8.09. The molecule has 0 amide bonds. The summed E-state index contributed by atoms with van der Waals surface area (Å²) in [6.07, 6.45) is 11.6. The minimum absolute atomic E-state index is 0.171. The number of carbonyl (C=O) groups is 1. The van der Waals surface area contributed by atoms with Gasteiger partial charge in [-0.25, -0.2) is 0 Å². The van der Waals surface area contributed by atoms with Gasteiger partial charge >= 0.3 is 0 Å². The van der Waals surface area contributed by atoms with Gasteiger partial charge in [-0.3, -0.25) is 4.79 Å². The van der Waals surface area contributed by atoms with E-state index in [1.807, 2.05) is 14.0 Å². The van der Waals surface area contributed by atoms with Crippen LogP contribution in [0.2, 0.25) is 0 Å². The van der Waals surface area contributed by atoms with Crippen molar-refractivity contribution in [2.75, 3.05) is 21.0 Å². The molecule has 3 unspecified atom stereocenters. The molecule has 0 saturated heterocycles. The molecule has 0 radical (unpaired) electrons. The Morgan fingerprint density at radius 1 is 1.17 bits per heavy atom. The number of methoxy groups -OCH3 is 2. The summed E-state index contributed by atoms with van der Waals surface area (Å²) in [5, 5.41) is 0. The SMILES string of the molecule is C=C[C@H]1CCC2C3CC[C@H]4C[C@H](OCOC)CC[C@]4(C)C3[C@@H](OC)C[C@]21C(C)=O. The van der Waals surface area contributed by atoms with Crippen LogP contribution in [0.15, 0.2) is 12.7 Å². The van der Waals surface area contributed by atoms with Crippen molar-refractivity contribution in [2.45, 2.75) is 77.4 Å². The van der Waals surface area contributed by atoms with Gasteiger partial charge in [0.2, 0.25) is 0 Å². The Bertz CT molecular complexity index is 632. The van der Waals surface area contributed by atoms with E-state index >= 15 is 0 Å². The Kier molecular flexibility index (Phi) is 6.00. The van der Waals surface area contributed by atoms with E-state index in [-0.39, 0.29) is 16.9 Å². The first-order chi connectivity index (χ1) is 13.9. The van der Waals surface area contributed by atoms with E-state index in [1.165, 1.54) is 25.7 Å². The number of ether oxygens (including phenoxy) is 3. The second-order valence-corrected chi connectivity index (χ2v) is 10.5. The van der Waals surface area contributed by atoms with Crippen molar-refractivity contribution in [1.29, 1.82) is 0 Å². The number of carbonyl (C=O) groups excluding carboxylic acids is 1. The lowest BCUT2D eigenvalue weighted by atomic mass is 9.43. The topological polar surface area (TPSA) is 44.8 Å². The van der Waals surface area contributed by atoms with Crippen LogP contribution >= 0.6 is 0 Å². The van der Waals surface area contributed by atoms with Gasteiger partial charge in [0, 0.05) is 19.6 Å². The molecule has 0 aromatic carbocycles. The monoisotopic (exact) mass is 404 g/mol. The Labute approximate surface area is 176 Å². The molecule has 9 atom stereocenters. The predicted octanol–water partition coefficient (Wildman–Crippen LogP) is 5.01. The van der Waals surface area contributed by atoms with Crippen LogP contribution < -0.4 is 0 Å². The number of allylic oxidation sites excluding steroid dienone is 1. The summed E-state index contributed by atoms with van der Waals surface area (Å²) in [5.41, 5.74) is 0.0390. The minimum Gasteiger partial charge on any atom is -0.381 e. The van der Waals surface area contributed by atoms with Crippen LogP contribution in [0.5, 0.6) is 0 Å². The molecule has 4 saturated carbocycles. The summed E-state index contributed by atoms with van der Waals surface area (Å²) in [6, 6.07) is 0. The molecule has 4 aliphatic carbocycles. The normalized spacial score (nSPS) is 49.0. The van der Waals surface area contributed by atoms with Gasteiger partial charge in [-0.2, -0.15) is 0 Å². The Balaban J connectivity index is 1.64. The summed E-state index contributed by atoms with van der Waals surface area (Å²) in [5.74, 6) is 3.01. The predicted molar refractivity (Wildman–Crippen MR) is 113 cm³/mol. The van der Waals surface area contributed by atoms with E-state index in [4.69, 9.17) is 14.2 Å². The van der Waals surface area contributed by atoms with Gasteiger partial charge in [0.1, 0.15) is 12.6 Å². The minimum atomic E-state index is -0.244. The van der Waals surface area contributed by atoms with Crippen molar-refractivity contribution in [3.63, 3.8) is 0 Å². The number of ketones is 1. The molecule has 0 N–H and O–H groups in total. The molecule has 0 bridgehead atoms. The third kappa shape index (κ3) is 3.16. The van der Waals surface area contributed by atoms with Gasteiger partial charge in [0.05, 0.1) is 12.2 Å². The molecule has 4 heteroatoms. The lowest BCUT2D eigenvalue weighted by Crippen LogP contribution is -2.61. The van der Waals surface area contributed by atoms with E-state index in [1.54, 1.807) is 7.11 Å². The molecule has 0 aliphatic heterocycles. The van der Waals surface area contributed by atoms with Crippen molar-refractivity contribution in [3.05, 3.63) is 12.7 Å². The Morgan fingerprint density at radius 3 is 2.62 bits per heavy atom. The number of hydrogen-bond donors (Lipinski definition) is 0. The maximum atomic E-state index is 13.1. The number of Topliss-reactive ketones (excluding diaryl/α,β-unsaturated/α-hetero) is 1. The second-order valence-electron chi connectivity index (χ2n) is 10.5. The van der Waals surface area contributed by atoms with Gasteiger partial charge in [0.25, 0.3) is 0 Å². The third-order valence-electron chi connectivity index (χ3n) is 9.79. The van der Waals surface area contributed by atoms with Crippen LogP contribution in [-0.2, 0) is 19.0 Å². The first-order valence-corrected chi connectivity index (χ1v) is 11.7. The highest BCUT2D eigenvalue weighted by Crippen LogP contribution is 2.68. The first-order valence-electron chi connectivity index (χ1n) is 11.7. The summed E-state index contributed by atoms with van der Waals surface area (Å²) in [4.78, 5) is 13.1. The fraction of sp³-hybridized carbons (Fsp3) is 0.880. The summed E-state index contributed by atoms with van der Waals surface area (Å²) in [7, 11) is 3.57. The van der Waals surface area contributed by atoms with E-state index in [9.17, 15) is 4.79 Å². The molecule has 0 spiro atoms. The molecule has 4 nitrogen and oxygen atoms in total. The molecule has 4 aliphatic rings.